The Labute approximate surface area is 322 Å². The molecular weight excluding hydrogens is 784 g/mol. The third kappa shape index (κ3) is 7.55. The lowest BCUT2D eigenvalue weighted by atomic mass is 9.96. The van der Waals surface area contributed by atoms with E-state index in [-0.39, 0.29) is 63.0 Å². The van der Waals surface area contributed by atoms with Gasteiger partial charge in [-0.1, -0.05) is 0 Å². The van der Waals surface area contributed by atoms with E-state index in [1.165, 1.54) is 30.3 Å². The molecule has 16 heteroatoms. The first kappa shape index (κ1) is 39.1. The fourth-order valence-electron chi connectivity index (χ4n) is 6.26. The van der Waals surface area contributed by atoms with Crippen LogP contribution in [0, 0.1) is 46.5 Å². The largest absolute Gasteiger partial charge is 0.478 e. The number of ether oxygens (including phenoxy) is 5. The van der Waals surface area contributed by atoms with E-state index >= 15 is 0 Å². The molecule has 0 saturated heterocycles. The van der Waals surface area contributed by atoms with Crippen LogP contribution in [0.15, 0.2) is 109 Å². The Morgan fingerprint density at radius 1 is 0.466 bits per heavy atom. The van der Waals surface area contributed by atoms with Crippen LogP contribution in [0.2, 0.25) is 0 Å². The first-order valence-corrected chi connectivity index (χ1v) is 16.9. The average molecular weight is 809 g/mol. The van der Waals surface area contributed by atoms with Gasteiger partial charge in [0.1, 0.15) is 46.5 Å². The zero-order valence-corrected chi connectivity index (χ0v) is 29.4. The summed E-state index contributed by atoms with van der Waals surface area (Å²) >= 11 is 0. The van der Waals surface area contributed by atoms with Gasteiger partial charge in [-0.25, -0.2) is 44.7 Å². The average Bonchev–Trinajstić information content (AvgIpc) is 3.74. The van der Waals surface area contributed by atoms with Crippen molar-refractivity contribution in [2.24, 2.45) is 0 Å². The smallest absolute Gasteiger partial charge is 0.338 e. The highest BCUT2D eigenvalue weighted by Gasteiger charge is 2.48. The molecule has 2 aliphatic rings. The SMILES string of the molecule is CCOC(=O)c1ccc2c(c1)OC(c1cc(F)cc(F)c1)(c1cc(F)cc(F)c1)O2.O=C(O)c1ccc2c(c1)OC(c1cc(F)cc(F)c1)(c1cc(F)cc(F)c1)O2. The Morgan fingerprint density at radius 3 is 1.07 bits per heavy atom. The number of carboxylic acid groups (broad SMARTS) is 1. The Balaban J connectivity index is 0.000000177. The number of fused-ring (bicyclic) bond motifs is 2. The number of hydrogen-bond acceptors (Lipinski definition) is 7. The molecular formula is C42H24F8O8. The van der Waals surface area contributed by atoms with Gasteiger partial charge in [-0.2, -0.15) is 0 Å². The molecule has 0 radical (unpaired) electrons. The highest BCUT2D eigenvalue weighted by molar-refractivity contribution is 5.90. The molecule has 0 bridgehead atoms. The molecule has 296 valence electrons. The minimum absolute atomic E-state index is 0.0369. The summed E-state index contributed by atoms with van der Waals surface area (Å²) in [5, 5.41) is 9.13. The lowest BCUT2D eigenvalue weighted by molar-refractivity contribution is -0.0471. The fourth-order valence-corrected chi connectivity index (χ4v) is 6.26. The molecule has 0 spiro atoms. The number of carbonyl (C=O) groups excluding carboxylic acids is 1. The third-order valence-corrected chi connectivity index (χ3v) is 8.63. The van der Waals surface area contributed by atoms with Crippen LogP contribution >= 0.6 is 0 Å². The molecule has 6 aromatic carbocycles. The van der Waals surface area contributed by atoms with E-state index in [0.717, 1.165) is 54.6 Å². The summed E-state index contributed by atoms with van der Waals surface area (Å²) < 4.78 is 139. The van der Waals surface area contributed by atoms with Crippen molar-refractivity contribution in [2.45, 2.75) is 18.5 Å². The quantitative estimate of drug-likeness (QED) is 0.126. The molecule has 0 amide bonds. The first-order valence-electron chi connectivity index (χ1n) is 16.9. The molecule has 1 N–H and O–H groups in total. The Hall–Kier alpha value is -7.10. The number of halogens is 8. The molecule has 6 aromatic rings. The van der Waals surface area contributed by atoms with Crippen molar-refractivity contribution in [3.63, 3.8) is 0 Å². The van der Waals surface area contributed by atoms with Gasteiger partial charge in [0.25, 0.3) is 0 Å². The van der Waals surface area contributed by atoms with Gasteiger partial charge >= 0.3 is 23.5 Å². The van der Waals surface area contributed by atoms with Crippen molar-refractivity contribution in [3.8, 4) is 23.0 Å². The Morgan fingerprint density at radius 2 is 0.759 bits per heavy atom. The van der Waals surface area contributed by atoms with E-state index in [1.807, 2.05) is 0 Å². The Bertz CT molecular complexity index is 2430. The molecule has 0 saturated carbocycles. The lowest BCUT2D eigenvalue weighted by Crippen LogP contribution is -2.37. The van der Waals surface area contributed by atoms with Crippen LogP contribution in [0.5, 0.6) is 23.0 Å². The molecule has 8 rings (SSSR count). The van der Waals surface area contributed by atoms with Crippen molar-refractivity contribution in [1.29, 1.82) is 0 Å². The van der Waals surface area contributed by atoms with Crippen molar-refractivity contribution in [2.75, 3.05) is 6.61 Å². The maximum atomic E-state index is 13.9. The van der Waals surface area contributed by atoms with E-state index in [1.54, 1.807) is 6.92 Å². The topological polar surface area (TPSA) is 101 Å². The second-order valence-corrected chi connectivity index (χ2v) is 12.6. The molecule has 0 unspecified atom stereocenters. The molecule has 58 heavy (non-hydrogen) atoms. The van der Waals surface area contributed by atoms with Gasteiger partial charge < -0.3 is 28.8 Å². The summed E-state index contributed by atoms with van der Waals surface area (Å²) in [6, 6.07) is 17.6. The first-order chi connectivity index (χ1) is 27.6. The maximum Gasteiger partial charge on any atom is 0.338 e. The monoisotopic (exact) mass is 808 g/mol. The van der Waals surface area contributed by atoms with Gasteiger partial charge in [-0.3, -0.25) is 0 Å². The number of carboxylic acids is 1. The van der Waals surface area contributed by atoms with Crippen LogP contribution in [0.1, 0.15) is 49.9 Å². The summed E-state index contributed by atoms with van der Waals surface area (Å²) in [5.41, 5.74) is -0.733. The van der Waals surface area contributed by atoms with E-state index in [2.05, 4.69) is 0 Å². The summed E-state index contributed by atoms with van der Waals surface area (Å²) in [6.07, 6.45) is 0. The molecule has 2 aliphatic heterocycles. The highest BCUT2D eigenvalue weighted by Crippen LogP contribution is 2.50. The molecule has 2 heterocycles. The molecule has 0 aliphatic carbocycles. The fraction of sp³-hybridized carbons (Fsp3) is 0.0952. The number of aromatic carboxylic acids is 1. The normalized spacial score (nSPS) is 14.0. The van der Waals surface area contributed by atoms with Crippen LogP contribution in [0.4, 0.5) is 35.1 Å². The number of carbonyl (C=O) groups is 2. The van der Waals surface area contributed by atoms with Gasteiger partial charge in [0.05, 0.1) is 17.7 Å². The van der Waals surface area contributed by atoms with Crippen molar-refractivity contribution in [1.82, 2.24) is 0 Å². The van der Waals surface area contributed by atoms with Gasteiger partial charge in [-0.15, -0.1) is 0 Å². The van der Waals surface area contributed by atoms with Crippen molar-refractivity contribution in [3.05, 3.63) is 189 Å². The van der Waals surface area contributed by atoms with Crippen LogP contribution in [0.25, 0.3) is 0 Å². The number of hydrogen-bond donors (Lipinski definition) is 1. The minimum Gasteiger partial charge on any atom is -0.478 e. The summed E-state index contributed by atoms with van der Waals surface area (Å²) in [7, 11) is 0. The Kier molecular flexibility index (Phi) is 10.2. The summed E-state index contributed by atoms with van der Waals surface area (Å²) in [5.74, 6) is -13.5. The van der Waals surface area contributed by atoms with Crippen LogP contribution in [-0.4, -0.2) is 23.7 Å². The maximum absolute atomic E-state index is 13.9. The van der Waals surface area contributed by atoms with E-state index in [4.69, 9.17) is 28.8 Å². The van der Waals surface area contributed by atoms with Crippen LogP contribution < -0.4 is 18.9 Å². The zero-order chi connectivity index (χ0) is 41.5. The number of benzene rings is 6. The van der Waals surface area contributed by atoms with Gasteiger partial charge in [-0.05, 0) is 91.9 Å². The third-order valence-electron chi connectivity index (χ3n) is 8.63. The van der Waals surface area contributed by atoms with Gasteiger partial charge in [0, 0.05) is 46.5 Å². The second-order valence-electron chi connectivity index (χ2n) is 12.6. The van der Waals surface area contributed by atoms with Crippen molar-refractivity contribution >= 4 is 11.9 Å². The second kappa shape index (κ2) is 15.1. The van der Waals surface area contributed by atoms with Crippen LogP contribution in [-0.2, 0) is 16.3 Å². The minimum atomic E-state index is -2.12. The zero-order valence-electron chi connectivity index (χ0n) is 29.4. The van der Waals surface area contributed by atoms with Crippen LogP contribution in [0.3, 0.4) is 0 Å². The number of esters is 1. The van der Waals surface area contributed by atoms with E-state index in [9.17, 15) is 44.7 Å². The van der Waals surface area contributed by atoms with E-state index in [0.29, 0.717) is 24.3 Å². The van der Waals surface area contributed by atoms with Gasteiger partial charge in [0.2, 0.25) is 0 Å². The van der Waals surface area contributed by atoms with E-state index < -0.39 is 70.1 Å². The number of rotatable bonds is 7. The summed E-state index contributed by atoms with van der Waals surface area (Å²) in [6.45, 7) is 1.80. The highest BCUT2D eigenvalue weighted by atomic mass is 19.2. The van der Waals surface area contributed by atoms with Gasteiger partial charge in [0.15, 0.2) is 23.0 Å². The van der Waals surface area contributed by atoms with Crippen molar-refractivity contribution < 1.29 is 73.5 Å². The lowest BCUT2D eigenvalue weighted by Gasteiger charge is -2.28. The molecule has 0 fully saturated rings. The molecule has 0 atom stereocenters. The standard InChI is InChI=1S/C22H14F4O4.C20H10F4O4/c1-2-28-21(27)12-3-4-19-20(5-12)30-22(29-19,13-6-15(23)10-16(24)7-13)14-8-17(25)11-18(26)9-14;21-13-4-11(5-14(22)8-13)20(12-6-15(23)9-16(24)7-12)27-17-2-1-10(19(25)26)3-18(17)28-20/h3-11H,2H2,1H3;1-9H,(H,25,26). The molecule has 0 aromatic heterocycles. The predicted octanol–water partition coefficient (Wildman–Crippen LogP) is 9.71. The predicted molar refractivity (Wildman–Crippen MR) is 185 cm³/mol. The summed E-state index contributed by atoms with van der Waals surface area (Å²) in [4.78, 5) is 23.2. The molecule has 8 nitrogen and oxygen atoms in total.